The van der Waals surface area contributed by atoms with Gasteiger partial charge >= 0.3 is 0 Å². The smallest absolute Gasteiger partial charge is 0.0642 e. The zero-order valence-corrected chi connectivity index (χ0v) is 12.4. The maximum Gasteiger partial charge on any atom is 0.0642 e. The number of para-hydroxylation sites is 1. The molecule has 1 aromatic heterocycles. The van der Waals surface area contributed by atoms with Crippen LogP contribution in [0.25, 0.3) is 0 Å². The topological polar surface area (TPSA) is 37.4 Å². The van der Waals surface area contributed by atoms with Gasteiger partial charge in [0.05, 0.1) is 13.2 Å². The number of nitrogens with zero attached hydrogens (tertiary/aromatic N) is 2. The van der Waals surface area contributed by atoms with Gasteiger partial charge < -0.3 is 15.0 Å². The van der Waals surface area contributed by atoms with Crippen molar-refractivity contribution in [2.45, 2.75) is 13.5 Å². The van der Waals surface area contributed by atoms with Gasteiger partial charge in [-0.3, -0.25) is 4.98 Å². The van der Waals surface area contributed by atoms with Gasteiger partial charge in [-0.2, -0.15) is 0 Å². The quantitative estimate of drug-likeness (QED) is 0.936. The Kier molecular flexibility index (Phi) is 4.36. The van der Waals surface area contributed by atoms with E-state index in [9.17, 15) is 0 Å². The lowest BCUT2D eigenvalue weighted by Gasteiger charge is -2.30. The van der Waals surface area contributed by atoms with E-state index in [-0.39, 0.29) is 0 Å². The standard InChI is InChI=1S/C17H21N3O/c1-14-12-16(6-7-18-14)19-13-15-4-2-3-5-17(15)20-8-10-21-11-9-20/h2-7,12H,8-11,13H2,1H3,(H,18,19). The number of morpholine rings is 1. The van der Waals surface area contributed by atoms with Crippen LogP contribution in [0.15, 0.2) is 42.6 Å². The number of hydrogen-bond donors (Lipinski definition) is 1. The number of aryl methyl sites for hydroxylation is 1. The molecule has 2 heterocycles. The molecule has 110 valence electrons. The molecule has 1 aromatic carbocycles. The molecular weight excluding hydrogens is 262 g/mol. The van der Waals surface area contributed by atoms with Crippen LogP contribution in [0, 0.1) is 6.92 Å². The van der Waals surface area contributed by atoms with Gasteiger partial charge in [0.1, 0.15) is 0 Å². The summed E-state index contributed by atoms with van der Waals surface area (Å²) >= 11 is 0. The number of rotatable bonds is 4. The maximum absolute atomic E-state index is 5.44. The molecule has 0 spiro atoms. The lowest BCUT2D eigenvalue weighted by Crippen LogP contribution is -2.36. The molecule has 1 fully saturated rings. The molecule has 0 radical (unpaired) electrons. The Bertz CT molecular complexity index is 594. The fourth-order valence-corrected chi connectivity index (χ4v) is 2.63. The van der Waals surface area contributed by atoms with Crippen LogP contribution in [0.1, 0.15) is 11.3 Å². The summed E-state index contributed by atoms with van der Waals surface area (Å²) in [6.45, 7) is 6.37. The SMILES string of the molecule is Cc1cc(NCc2ccccc2N2CCOCC2)ccn1. The summed E-state index contributed by atoms with van der Waals surface area (Å²) in [4.78, 5) is 6.62. The van der Waals surface area contributed by atoms with Gasteiger partial charge in [0.25, 0.3) is 0 Å². The summed E-state index contributed by atoms with van der Waals surface area (Å²) in [5.74, 6) is 0. The largest absolute Gasteiger partial charge is 0.381 e. The Labute approximate surface area is 125 Å². The van der Waals surface area contributed by atoms with Crippen LogP contribution < -0.4 is 10.2 Å². The van der Waals surface area contributed by atoms with Crippen LogP contribution in [0.4, 0.5) is 11.4 Å². The average Bonchev–Trinajstić information content (AvgIpc) is 2.54. The van der Waals surface area contributed by atoms with E-state index in [0.717, 1.165) is 44.2 Å². The number of pyridine rings is 1. The van der Waals surface area contributed by atoms with Crippen LogP contribution in [-0.4, -0.2) is 31.3 Å². The number of benzene rings is 1. The van der Waals surface area contributed by atoms with Crippen LogP contribution in [0.3, 0.4) is 0 Å². The summed E-state index contributed by atoms with van der Waals surface area (Å²) < 4.78 is 5.44. The highest BCUT2D eigenvalue weighted by molar-refractivity contribution is 5.55. The molecule has 4 heteroatoms. The van der Waals surface area contributed by atoms with Crippen molar-refractivity contribution in [3.8, 4) is 0 Å². The van der Waals surface area contributed by atoms with Gasteiger partial charge in [-0.05, 0) is 30.7 Å². The fraction of sp³-hybridized carbons (Fsp3) is 0.353. The summed E-state index contributed by atoms with van der Waals surface area (Å²) in [6, 6.07) is 12.7. The highest BCUT2D eigenvalue weighted by Gasteiger charge is 2.14. The second-order valence-electron chi connectivity index (χ2n) is 5.27. The van der Waals surface area contributed by atoms with Crippen LogP contribution >= 0.6 is 0 Å². The Morgan fingerprint density at radius 3 is 2.81 bits per heavy atom. The molecule has 1 aliphatic heterocycles. The molecule has 0 amide bonds. The van der Waals surface area contributed by atoms with E-state index < -0.39 is 0 Å². The zero-order valence-electron chi connectivity index (χ0n) is 12.4. The van der Waals surface area contributed by atoms with Gasteiger partial charge in [-0.15, -0.1) is 0 Å². The van der Waals surface area contributed by atoms with Crippen molar-refractivity contribution in [2.24, 2.45) is 0 Å². The monoisotopic (exact) mass is 283 g/mol. The average molecular weight is 283 g/mol. The van der Waals surface area contributed by atoms with E-state index in [1.165, 1.54) is 11.3 Å². The molecule has 0 aliphatic carbocycles. The molecule has 0 atom stereocenters. The highest BCUT2D eigenvalue weighted by Crippen LogP contribution is 2.22. The van der Waals surface area contributed by atoms with E-state index in [1.54, 1.807) is 0 Å². The molecular formula is C17H21N3O. The van der Waals surface area contributed by atoms with Gasteiger partial charge in [0, 0.05) is 42.9 Å². The predicted octanol–water partition coefficient (Wildman–Crippen LogP) is 2.84. The first kappa shape index (κ1) is 13.9. The fourth-order valence-electron chi connectivity index (χ4n) is 2.63. The van der Waals surface area contributed by atoms with E-state index >= 15 is 0 Å². The number of ether oxygens (including phenoxy) is 1. The molecule has 0 unspecified atom stereocenters. The highest BCUT2D eigenvalue weighted by atomic mass is 16.5. The molecule has 1 N–H and O–H groups in total. The Morgan fingerprint density at radius 1 is 1.19 bits per heavy atom. The van der Waals surface area contributed by atoms with Crippen molar-refractivity contribution < 1.29 is 4.74 Å². The molecule has 2 aromatic rings. The molecule has 0 bridgehead atoms. The molecule has 1 aliphatic rings. The lowest BCUT2D eigenvalue weighted by molar-refractivity contribution is 0.122. The van der Waals surface area contributed by atoms with Crippen LogP contribution in [0.5, 0.6) is 0 Å². The summed E-state index contributed by atoms with van der Waals surface area (Å²) in [5, 5.41) is 3.48. The minimum atomic E-state index is 0.811. The van der Waals surface area contributed by atoms with Crippen molar-refractivity contribution in [3.63, 3.8) is 0 Å². The predicted molar refractivity (Wildman–Crippen MR) is 85.8 cm³/mol. The maximum atomic E-state index is 5.44. The van der Waals surface area contributed by atoms with Crippen molar-refractivity contribution in [1.82, 2.24) is 4.98 Å². The second-order valence-corrected chi connectivity index (χ2v) is 5.27. The first-order valence-corrected chi connectivity index (χ1v) is 7.40. The summed E-state index contributed by atoms with van der Waals surface area (Å²) in [5.41, 5.74) is 4.76. The number of aromatic nitrogens is 1. The Morgan fingerprint density at radius 2 is 2.00 bits per heavy atom. The first-order chi connectivity index (χ1) is 10.3. The zero-order chi connectivity index (χ0) is 14.5. The Balaban J connectivity index is 1.73. The minimum Gasteiger partial charge on any atom is -0.381 e. The third kappa shape index (κ3) is 3.52. The van der Waals surface area contributed by atoms with Crippen molar-refractivity contribution in [3.05, 3.63) is 53.9 Å². The number of nitrogens with one attached hydrogen (secondary N) is 1. The van der Waals surface area contributed by atoms with E-state index in [2.05, 4.69) is 45.5 Å². The number of anilines is 2. The van der Waals surface area contributed by atoms with Crippen molar-refractivity contribution >= 4 is 11.4 Å². The van der Waals surface area contributed by atoms with E-state index in [4.69, 9.17) is 4.74 Å². The third-order valence-corrected chi connectivity index (χ3v) is 3.72. The molecule has 1 saturated heterocycles. The van der Waals surface area contributed by atoms with Crippen LogP contribution in [0.2, 0.25) is 0 Å². The van der Waals surface area contributed by atoms with Gasteiger partial charge in [0.2, 0.25) is 0 Å². The molecule has 3 rings (SSSR count). The van der Waals surface area contributed by atoms with Crippen molar-refractivity contribution in [1.29, 1.82) is 0 Å². The Hall–Kier alpha value is -2.07. The second kappa shape index (κ2) is 6.59. The van der Waals surface area contributed by atoms with Gasteiger partial charge in [-0.1, -0.05) is 18.2 Å². The molecule has 4 nitrogen and oxygen atoms in total. The van der Waals surface area contributed by atoms with Crippen LogP contribution in [-0.2, 0) is 11.3 Å². The van der Waals surface area contributed by atoms with Gasteiger partial charge in [-0.25, -0.2) is 0 Å². The van der Waals surface area contributed by atoms with E-state index in [1.807, 2.05) is 19.2 Å². The minimum absolute atomic E-state index is 0.811. The molecule has 0 saturated carbocycles. The molecule has 21 heavy (non-hydrogen) atoms. The lowest BCUT2D eigenvalue weighted by atomic mass is 10.1. The first-order valence-electron chi connectivity index (χ1n) is 7.40. The summed E-state index contributed by atoms with van der Waals surface area (Å²) in [6.07, 6.45) is 1.84. The third-order valence-electron chi connectivity index (χ3n) is 3.72. The van der Waals surface area contributed by atoms with E-state index in [0.29, 0.717) is 0 Å². The van der Waals surface area contributed by atoms with Gasteiger partial charge in [0.15, 0.2) is 0 Å². The number of hydrogen-bond acceptors (Lipinski definition) is 4. The summed E-state index contributed by atoms with van der Waals surface area (Å²) in [7, 11) is 0. The van der Waals surface area contributed by atoms with Crippen molar-refractivity contribution in [2.75, 3.05) is 36.5 Å². The normalized spacial score (nSPS) is 15.0.